The van der Waals surface area contributed by atoms with E-state index in [0.29, 0.717) is 13.0 Å². The molecule has 0 aromatic rings. The standard InChI is InChI=1S/C7H15NO2/c1-3-8(7(2)10)5-4-6-9/h9H,3-6H2,1-2H3. The van der Waals surface area contributed by atoms with Gasteiger partial charge in [-0.05, 0) is 13.3 Å². The van der Waals surface area contributed by atoms with E-state index in [1.54, 1.807) is 11.8 Å². The second-order valence-corrected chi connectivity index (χ2v) is 2.18. The van der Waals surface area contributed by atoms with E-state index in [4.69, 9.17) is 5.11 Å². The van der Waals surface area contributed by atoms with Crippen LogP contribution in [0.25, 0.3) is 0 Å². The number of carbonyl (C=O) groups is 1. The number of hydrogen-bond donors (Lipinski definition) is 1. The Morgan fingerprint density at radius 3 is 2.50 bits per heavy atom. The number of hydrogen-bond acceptors (Lipinski definition) is 2. The van der Waals surface area contributed by atoms with Crippen LogP contribution >= 0.6 is 0 Å². The fourth-order valence-electron chi connectivity index (χ4n) is 0.800. The van der Waals surface area contributed by atoms with Crippen LogP contribution in [0.2, 0.25) is 0 Å². The first kappa shape index (κ1) is 9.43. The first-order valence-corrected chi connectivity index (χ1v) is 3.58. The van der Waals surface area contributed by atoms with E-state index in [1.165, 1.54) is 0 Å². The van der Waals surface area contributed by atoms with Gasteiger partial charge in [-0.3, -0.25) is 4.79 Å². The summed E-state index contributed by atoms with van der Waals surface area (Å²) in [5.41, 5.74) is 0. The van der Waals surface area contributed by atoms with E-state index in [2.05, 4.69) is 0 Å². The lowest BCUT2D eigenvalue weighted by Gasteiger charge is -2.17. The van der Waals surface area contributed by atoms with Gasteiger partial charge in [-0.1, -0.05) is 0 Å². The first-order chi connectivity index (χ1) is 4.72. The van der Waals surface area contributed by atoms with Gasteiger partial charge in [0, 0.05) is 26.6 Å². The topological polar surface area (TPSA) is 40.5 Å². The van der Waals surface area contributed by atoms with Gasteiger partial charge >= 0.3 is 0 Å². The van der Waals surface area contributed by atoms with E-state index < -0.39 is 0 Å². The van der Waals surface area contributed by atoms with Crippen molar-refractivity contribution in [3.05, 3.63) is 0 Å². The Balaban J connectivity index is 3.50. The van der Waals surface area contributed by atoms with Crippen LogP contribution in [0.15, 0.2) is 0 Å². The van der Waals surface area contributed by atoms with Gasteiger partial charge in [0.25, 0.3) is 0 Å². The van der Waals surface area contributed by atoms with Crippen LogP contribution in [0.1, 0.15) is 20.3 Å². The zero-order valence-electron chi connectivity index (χ0n) is 6.63. The molecule has 0 bridgehead atoms. The van der Waals surface area contributed by atoms with Gasteiger partial charge in [0.2, 0.25) is 5.91 Å². The van der Waals surface area contributed by atoms with Gasteiger partial charge in [0.05, 0.1) is 0 Å². The van der Waals surface area contributed by atoms with Gasteiger partial charge in [0.1, 0.15) is 0 Å². The fraction of sp³-hybridized carbons (Fsp3) is 0.857. The summed E-state index contributed by atoms with van der Waals surface area (Å²) in [5, 5.41) is 8.45. The SMILES string of the molecule is CCN(CCCO)C(C)=O. The minimum atomic E-state index is 0.0796. The van der Waals surface area contributed by atoms with Crippen molar-refractivity contribution in [2.75, 3.05) is 19.7 Å². The van der Waals surface area contributed by atoms with Crippen molar-refractivity contribution in [3.63, 3.8) is 0 Å². The Kier molecular flexibility index (Phi) is 4.94. The van der Waals surface area contributed by atoms with Crippen molar-refractivity contribution in [1.29, 1.82) is 0 Å². The molecule has 0 spiro atoms. The minimum absolute atomic E-state index is 0.0796. The third kappa shape index (κ3) is 3.45. The Bertz CT molecular complexity index is 104. The van der Waals surface area contributed by atoms with Crippen molar-refractivity contribution < 1.29 is 9.90 Å². The monoisotopic (exact) mass is 145 g/mol. The highest BCUT2D eigenvalue weighted by molar-refractivity contribution is 5.73. The van der Waals surface area contributed by atoms with E-state index in [9.17, 15) is 4.79 Å². The summed E-state index contributed by atoms with van der Waals surface area (Å²) in [5.74, 6) is 0.0796. The van der Waals surface area contributed by atoms with Crippen LogP contribution in [-0.2, 0) is 4.79 Å². The van der Waals surface area contributed by atoms with Crippen molar-refractivity contribution in [2.45, 2.75) is 20.3 Å². The summed E-state index contributed by atoms with van der Waals surface area (Å²) in [6.07, 6.45) is 0.674. The lowest BCUT2D eigenvalue weighted by Crippen LogP contribution is -2.29. The lowest BCUT2D eigenvalue weighted by molar-refractivity contribution is -0.128. The minimum Gasteiger partial charge on any atom is -0.396 e. The summed E-state index contributed by atoms with van der Waals surface area (Å²) in [4.78, 5) is 12.4. The molecule has 0 aromatic heterocycles. The third-order valence-corrected chi connectivity index (χ3v) is 1.41. The molecule has 0 radical (unpaired) electrons. The molecule has 0 rings (SSSR count). The number of aliphatic hydroxyl groups excluding tert-OH is 1. The molecule has 0 fully saturated rings. The molecule has 0 aliphatic heterocycles. The maximum Gasteiger partial charge on any atom is 0.219 e. The zero-order chi connectivity index (χ0) is 7.98. The summed E-state index contributed by atoms with van der Waals surface area (Å²) < 4.78 is 0. The highest BCUT2D eigenvalue weighted by atomic mass is 16.3. The molecule has 0 saturated heterocycles. The maximum absolute atomic E-state index is 10.7. The molecule has 0 unspecified atom stereocenters. The molecule has 0 aromatic carbocycles. The third-order valence-electron chi connectivity index (χ3n) is 1.41. The molecule has 1 N–H and O–H groups in total. The summed E-state index contributed by atoms with van der Waals surface area (Å²) in [6.45, 7) is 5.03. The Labute approximate surface area is 61.6 Å². The van der Waals surface area contributed by atoms with Gasteiger partial charge in [-0.2, -0.15) is 0 Å². The molecule has 0 aliphatic rings. The molecule has 3 nitrogen and oxygen atoms in total. The highest BCUT2D eigenvalue weighted by Gasteiger charge is 2.02. The Hall–Kier alpha value is -0.570. The molecule has 0 heterocycles. The first-order valence-electron chi connectivity index (χ1n) is 3.58. The molecule has 1 amide bonds. The van der Waals surface area contributed by atoms with E-state index in [1.807, 2.05) is 6.92 Å². The van der Waals surface area contributed by atoms with Crippen LogP contribution in [0.4, 0.5) is 0 Å². The zero-order valence-corrected chi connectivity index (χ0v) is 6.63. The summed E-state index contributed by atoms with van der Waals surface area (Å²) in [7, 11) is 0. The second-order valence-electron chi connectivity index (χ2n) is 2.18. The Morgan fingerprint density at radius 2 is 2.20 bits per heavy atom. The predicted molar refractivity (Wildman–Crippen MR) is 39.6 cm³/mol. The van der Waals surface area contributed by atoms with Gasteiger partial charge in [-0.15, -0.1) is 0 Å². The van der Waals surface area contributed by atoms with Crippen LogP contribution < -0.4 is 0 Å². The molecule has 10 heavy (non-hydrogen) atoms. The maximum atomic E-state index is 10.7. The van der Waals surface area contributed by atoms with Crippen LogP contribution in [0.5, 0.6) is 0 Å². The van der Waals surface area contributed by atoms with Crippen LogP contribution in [0.3, 0.4) is 0 Å². The van der Waals surface area contributed by atoms with Crippen molar-refractivity contribution in [1.82, 2.24) is 4.90 Å². The molecule has 0 saturated carbocycles. The van der Waals surface area contributed by atoms with E-state index in [-0.39, 0.29) is 12.5 Å². The molecule has 0 atom stereocenters. The number of carbonyl (C=O) groups excluding carboxylic acids is 1. The largest absolute Gasteiger partial charge is 0.396 e. The Morgan fingerprint density at radius 1 is 1.60 bits per heavy atom. The molecule has 3 heteroatoms. The average Bonchev–Trinajstić information content (AvgIpc) is 1.89. The number of nitrogens with zero attached hydrogens (tertiary/aromatic N) is 1. The van der Waals surface area contributed by atoms with Crippen molar-refractivity contribution in [2.24, 2.45) is 0 Å². The van der Waals surface area contributed by atoms with Crippen LogP contribution in [-0.4, -0.2) is 35.6 Å². The van der Waals surface area contributed by atoms with Gasteiger partial charge in [0.15, 0.2) is 0 Å². The van der Waals surface area contributed by atoms with E-state index in [0.717, 1.165) is 6.54 Å². The van der Waals surface area contributed by atoms with Gasteiger partial charge in [-0.25, -0.2) is 0 Å². The van der Waals surface area contributed by atoms with E-state index >= 15 is 0 Å². The number of rotatable bonds is 4. The number of aliphatic hydroxyl groups is 1. The second kappa shape index (κ2) is 5.23. The molecular weight excluding hydrogens is 130 g/mol. The highest BCUT2D eigenvalue weighted by Crippen LogP contribution is 1.90. The van der Waals surface area contributed by atoms with Crippen molar-refractivity contribution >= 4 is 5.91 Å². The molecule has 0 aliphatic carbocycles. The lowest BCUT2D eigenvalue weighted by atomic mass is 10.4. The predicted octanol–water partition coefficient (Wildman–Crippen LogP) is 0.237. The summed E-state index contributed by atoms with van der Waals surface area (Å²) in [6, 6.07) is 0. The number of amides is 1. The fourth-order valence-corrected chi connectivity index (χ4v) is 0.800. The normalized spacial score (nSPS) is 9.50. The average molecular weight is 145 g/mol. The quantitative estimate of drug-likeness (QED) is 0.615. The summed E-state index contributed by atoms with van der Waals surface area (Å²) >= 11 is 0. The van der Waals surface area contributed by atoms with Crippen molar-refractivity contribution in [3.8, 4) is 0 Å². The smallest absolute Gasteiger partial charge is 0.219 e. The molecule has 60 valence electrons. The molecular formula is C7H15NO2. The van der Waals surface area contributed by atoms with Gasteiger partial charge < -0.3 is 10.0 Å². The van der Waals surface area contributed by atoms with Crippen LogP contribution in [0, 0.1) is 0 Å².